The van der Waals surface area contributed by atoms with Gasteiger partial charge in [0, 0.05) is 22.0 Å². The summed E-state index contributed by atoms with van der Waals surface area (Å²) in [6.07, 6.45) is 7.82. The van der Waals surface area contributed by atoms with Crippen molar-refractivity contribution < 1.29 is 0 Å². The lowest BCUT2D eigenvalue weighted by atomic mass is 10.2. The number of anilines is 1. The lowest BCUT2D eigenvalue weighted by molar-refractivity contribution is 0.744. The second-order valence-electron chi connectivity index (χ2n) is 4.60. The third-order valence-electron chi connectivity index (χ3n) is 3.35. The van der Waals surface area contributed by atoms with Crippen LogP contribution in [0, 0.1) is 0 Å². The van der Waals surface area contributed by atoms with Crippen LogP contribution >= 0.6 is 27.7 Å². The number of aromatic nitrogens is 3. The normalized spacial score (nSPS) is 23.7. The molecule has 1 aliphatic rings. The Morgan fingerprint density at radius 1 is 1.44 bits per heavy atom. The van der Waals surface area contributed by atoms with E-state index in [0.717, 1.165) is 21.3 Å². The zero-order valence-electron chi connectivity index (χ0n) is 10.1. The zero-order valence-corrected chi connectivity index (χ0v) is 12.5. The Balaban J connectivity index is 1.75. The molecule has 0 bridgehead atoms. The van der Waals surface area contributed by atoms with E-state index in [1.54, 1.807) is 4.52 Å². The molecule has 0 amide bonds. The Morgan fingerprint density at radius 3 is 3.11 bits per heavy atom. The highest BCUT2D eigenvalue weighted by molar-refractivity contribution is 9.10. The van der Waals surface area contributed by atoms with Crippen molar-refractivity contribution in [3.8, 4) is 0 Å². The van der Waals surface area contributed by atoms with Crippen LogP contribution in [-0.4, -0.2) is 32.1 Å². The van der Waals surface area contributed by atoms with Crippen LogP contribution in [0.25, 0.3) is 5.65 Å². The molecule has 2 unspecified atom stereocenters. The van der Waals surface area contributed by atoms with Crippen molar-refractivity contribution in [2.75, 3.05) is 11.6 Å². The van der Waals surface area contributed by atoms with Gasteiger partial charge >= 0.3 is 0 Å². The van der Waals surface area contributed by atoms with Gasteiger partial charge < -0.3 is 5.32 Å². The van der Waals surface area contributed by atoms with Gasteiger partial charge in [-0.25, -0.2) is 4.52 Å². The maximum atomic E-state index is 4.48. The molecule has 2 heterocycles. The molecule has 6 heteroatoms. The molecule has 0 spiro atoms. The molecule has 0 aromatic carbocycles. The topological polar surface area (TPSA) is 42.2 Å². The van der Waals surface area contributed by atoms with Gasteiger partial charge in [-0.05, 0) is 53.6 Å². The van der Waals surface area contributed by atoms with E-state index in [-0.39, 0.29) is 0 Å². The van der Waals surface area contributed by atoms with Crippen molar-refractivity contribution in [2.45, 2.75) is 30.6 Å². The molecule has 4 nitrogen and oxygen atoms in total. The molecule has 0 saturated heterocycles. The number of hydrogen-bond donors (Lipinski definition) is 1. The highest BCUT2D eigenvalue weighted by Crippen LogP contribution is 2.29. The van der Waals surface area contributed by atoms with E-state index in [1.165, 1.54) is 19.3 Å². The van der Waals surface area contributed by atoms with Crippen molar-refractivity contribution in [3.05, 3.63) is 22.8 Å². The van der Waals surface area contributed by atoms with Crippen LogP contribution in [0.15, 0.2) is 22.8 Å². The summed E-state index contributed by atoms with van der Waals surface area (Å²) in [6.45, 7) is 0. The smallest absolute Gasteiger partial charge is 0.243 e. The van der Waals surface area contributed by atoms with Crippen molar-refractivity contribution in [1.29, 1.82) is 0 Å². The summed E-state index contributed by atoms with van der Waals surface area (Å²) < 4.78 is 2.81. The second-order valence-corrected chi connectivity index (χ2v) is 6.65. The molecule has 96 valence electrons. The molecule has 2 aromatic heterocycles. The fourth-order valence-electron chi connectivity index (χ4n) is 2.39. The highest BCUT2D eigenvalue weighted by atomic mass is 79.9. The van der Waals surface area contributed by atoms with Crippen LogP contribution in [0.4, 0.5) is 5.95 Å². The Hall–Kier alpha value is -0.750. The Morgan fingerprint density at radius 2 is 2.33 bits per heavy atom. The Labute approximate surface area is 119 Å². The van der Waals surface area contributed by atoms with Gasteiger partial charge in [-0.3, -0.25) is 0 Å². The molecule has 0 aliphatic heterocycles. The summed E-state index contributed by atoms with van der Waals surface area (Å²) in [5, 5.41) is 8.67. The summed E-state index contributed by atoms with van der Waals surface area (Å²) in [7, 11) is 0. The quantitative estimate of drug-likeness (QED) is 0.940. The highest BCUT2D eigenvalue weighted by Gasteiger charge is 2.24. The number of pyridine rings is 1. The lowest BCUT2D eigenvalue weighted by Crippen LogP contribution is -2.16. The van der Waals surface area contributed by atoms with Crippen LogP contribution < -0.4 is 5.32 Å². The van der Waals surface area contributed by atoms with Crippen molar-refractivity contribution >= 4 is 39.3 Å². The number of nitrogens with zero attached hydrogens (tertiary/aromatic N) is 3. The predicted molar refractivity (Wildman–Crippen MR) is 79.3 cm³/mol. The first-order valence-corrected chi connectivity index (χ1v) is 8.14. The molecular weight excluding hydrogens is 312 g/mol. The number of halogens is 1. The average molecular weight is 327 g/mol. The van der Waals surface area contributed by atoms with Gasteiger partial charge in [-0.2, -0.15) is 16.7 Å². The SMILES string of the molecule is CSC1CCC(Nc2nc3ccc(Br)cn3n2)C1. The van der Waals surface area contributed by atoms with E-state index in [0.29, 0.717) is 6.04 Å². The van der Waals surface area contributed by atoms with Crippen LogP contribution in [0.3, 0.4) is 0 Å². The molecule has 18 heavy (non-hydrogen) atoms. The fourth-order valence-corrected chi connectivity index (χ4v) is 3.51. The van der Waals surface area contributed by atoms with Crippen LogP contribution in [0.2, 0.25) is 0 Å². The van der Waals surface area contributed by atoms with E-state index < -0.39 is 0 Å². The fraction of sp³-hybridized carbons (Fsp3) is 0.500. The van der Waals surface area contributed by atoms with Gasteiger partial charge in [0.2, 0.25) is 5.95 Å². The molecule has 1 saturated carbocycles. The number of hydrogen-bond acceptors (Lipinski definition) is 4. The minimum atomic E-state index is 0.517. The summed E-state index contributed by atoms with van der Waals surface area (Å²) >= 11 is 5.40. The number of fused-ring (bicyclic) bond motifs is 1. The third-order valence-corrected chi connectivity index (χ3v) is 4.91. The summed E-state index contributed by atoms with van der Waals surface area (Å²) in [5.41, 5.74) is 0.875. The minimum absolute atomic E-state index is 0.517. The summed E-state index contributed by atoms with van der Waals surface area (Å²) in [4.78, 5) is 4.48. The first kappa shape index (κ1) is 12.3. The summed E-state index contributed by atoms with van der Waals surface area (Å²) in [6, 6.07) is 4.46. The molecule has 2 aromatic rings. The number of nitrogens with one attached hydrogen (secondary N) is 1. The van der Waals surface area contributed by atoms with E-state index in [4.69, 9.17) is 0 Å². The summed E-state index contributed by atoms with van der Waals surface area (Å²) in [5.74, 6) is 0.736. The van der Waals surface area contributed by atoms with Crippen LogP contribution in [0.1, 0.15) is 19.3 Å². The maximum Gasteiger partial charge on any atom is 0.243 e. The Kier molecular flexibility index (Phi) is 3.48. The average Bonchev–Trinajstić information content (AvgIpc) is 2.95. The van der Waals surface area contributed by atoms with Gasteiger partial charge in [0.1, 0.15) is 0 Å². The van der Waals surface area contributed by atoms with Crippen LogP contribution in [-0.2, 0) is 0 Å². The first-order chi connectivity index (χ1) is 8.74. The number of thioether (sulfide) groups is 1. The molecule has 1 fully saturated rings. The lowest BCUT2D eigenvalue weighted by Gasteiger charge is -2.10. The third kappa shape index (κ3) is 2.49. The van der Waals surface area contributed by atoms with Crippen molar-refractivity contribution in [3.63, 3.8) is 0 Å². The van der Waals surface area contributed by atoms with E-state index in [1.807, 2.05) is 30.1 Å². The molecule has 3 rings (SSSR count). The zero-order chi connectivity index (χ0) is 12.5. The number of rotatable bonds is 3. The molecular formula is C12H15BrN4S. The largest absolute Gasteiger partial charge is 0.350 e. The van der Waals surface area contributed by atoms with E-state index >= 15 is 0 Å². The van der Waals surface area contributed by atoms with E-state index in [2.05, 4.69) is 37.6 Å². The van der Waals surface area contributed by atoms with Gasteiger partial charge in [0.05, 0.1) is 0 Å². The minimum Gasteiger partial charge on any atom is -0.350 e. The monoisotopic (exact) mass is 326 g/mol. The van der Waals surface area contributed by atoms with Gasteiger partial charge in [-0.1, -0.05) is 0 Å². The maximum absolute atomic E-state index is 4.48. The van der Waals surface area contributed by atoms with Gasteiger partial charge in [0.25, 0.3) is 0 Å². The second kappa shape index (κ2) is 5.09. The standard InChI is InChI=1S/C12H15BrN4S/c1-18-10-4-3-9(6-10)14-12-15-11-5-2-8(13)7-17(11)16-12/h2,5,7,9-10H,3-4,6H2,1H3,(H,14,16). The molecule has 1 aliphatic carbocycles. The van der Waals surface area contributed by atoms with Gasteiger partial charge in [-0.15, -0.1) is 5.10 Å². The van der Waals surface area contributed by atoms with Gasteiger partial charge in [0.15, 0.2) is 5.65 Å². The van der Waals surface area contributed by atoms with Crippen LogP contribution in [0.5, 0.6) is 0 Å². The molecule has 0 radical (unpaired) electrons. The van der Waals surface area contributed by atoms with E-state index in [9.17, 15) is 0 Å². The first-order valence-electron chi connectivity index (χ1n) is 6.06. The van der Waals surface area contributed by atoms with Crippen molar-refractivity contribution in [2.24, 2.45) is 0 Å². The molecule has 1 N–H and O–H groups in total. The Bertz CT molecular complexity index is 556. The van der Waals surface area contributed by atoms with Crippen molar-refractivity contribution in [1.82, 2.24) is 14.6 Å². The predicted octanol–water partition coefficient (Wildman–Crippen LogP) is 3.19. The molecule has 2 atom stereocenters.